The van der Waals surface area contributed by atoms with Crippen LogP contribution in [0.1, 0.15) is 27.2 Å². The Morgan fingerprint density at radius 2 is 1.96 bits per heavy atom. The molecule has 0 bridgehead atoms. The van der Waals surface area contributed by atoms with Gasteiger partial charge in [0, 0.05) is 19.1 Å². The number of carbonyl (C=O) groups is 2. The average Bonchev–Trinajstić information content (AvgIpc) is 3.13. The Morgan fingerprint density at radius 3 is 2.71 bits per heavy atom. The van der Waals surface area contributed by atoms with Crippen LogP contribution >= 0.6 is 0 Å². The Labute approximate surface area is 141 Å². The fourth-order valence-electron chi connectivity index (χ4n) is 2.78. The first-order chi connectivity index (χ1) is 11.5. The third-order valence-corrected chi connectivity index (χ3v) is 4.40. The molecule has 0 fully saturated rings. The van der Waals surface area contributed by atoms with E-state index in [0.29, 0.717) is 19.0 Å². The standard InChI is InChI=1S/C17H23N5O2/c1-4-11(2)18-15(23)12(3)19-17(24)22-10-9-21-14-8-6-5-7-13(14)20-16(21)22/h5-8,11-12H,4,9-10H2,1-3H3,(H,18,23)(H,19,24)/t11-,12+/m1/s1. The highest BCUT2D eigenvalue weighted by Gasteiger charge is 2.30. The van der Waals surface area contributed by atoms with Gasteiger partial charge in [0.05, 0.1) is 11.0 Å². The van der Waals surface area contributed by atoms with Crippen molar-refractivity contribution in [3.8, 4) is 0 Å². The minimum atomic E-state index is -0.593. The smallest absolute Gasteiger partial charge is 0.324 e. The predicted molar refractivity (Wildman–Crippen MR) is 93.0 cm³/mol. The van der Waals surface area contributed by atoms with Crippen LogP contribution in [0.15, 0.2) is 24.3 Å². The molecular weight excluding hydrogens is 306 g/mol. The van der Waals surface area contributed by atoms with E-state index >= 15 is 0 Å². The van der Waals surface area contributed by atoms with E-state index in [9.17, 15) is 9.59 Å². The lowest BCUT2D eigenvalue weighted by molar-refractivity contribution is -0.123. The molecule has 7 nitrogen and oxygen atoms in total. The maximum absolute atomic E-state index is 12.5. The molecule has 3 rings (SSSR count). The van der Waals surface area contributed by atoms with E-state index in [2.05, 4.69) is 15.6 Å². The van der Waals surface area contributed by atoms with Gasteiger partial charge in [-0.25, -0.2) is 9.78 Å². The first-order valence-corrected chi connectivity index (χ1v) is 8.35. The van der Waals surface area contributed by atoms with Gasteiger partial charge in [-0.15, -0.1) is 0 Å². The molecule has 2 N–H and O–H groups in total. The molecule has 2 atom stereocenters. The van der Waals surface area contributed by atoms with E-state index in [1.165, 1.54) is 0 Å². The fraction of sp³-hybridized carbons (Fsp3) is 0.471. The van der Waals surface area contributed by atoms with Gasteiger partial charge in [-0.05, 0) is 32.4 Å². The summed E-state index contributed by atoms with van der Waals surface area (Å²) in [5, 5.41) is 5.63. The summed E-state index contributed by atoms with van der Waals surface area (Å²) in [5.41, 5.74) is 1.89. The van der Waals surface area contributed by atoms with Gasteiger partial charge in [0.15, 0.2) is 0 Å². The molecule has 24 heavy (non-hydrogen) atoms. The van der Waals surface area contributed by atoms with Crippen LogP contribution in [0.25, 0.3) is 11.0 Å². The van der Waals surface area contributed by atoms with Crippen molar-refractivity contribution in [2.45, 2.75) is 45.8 Å². The molecule has 1 aliphatic heterocycles. The molecule has 1 aromatic carbocycles. The quantitative estimate of drug-likeness (QED) is 0.899. The zero-order valence-corrected chi connectivity index (χ0v) is 14.2. The van der Waals surface area contributed by atoms with E-state index in [-0.39, 0.29) is 18.0 Å². The topological polar surface area (TPSA) is 79.3 Å². The number of hydrogen-bond acceptors (Lipinski definition) is 3. The molecule has 0 saturated carbocycles. The summed E-state index contributed by atoms with van der Waals surface area (Å²) in [5.74, 6) is 0.452. The van der Waals surface area contributed by atoms with E-state index < -0.39 is 6.04 Å². The summed E-state index contributed by atoms with van der Waals surface area (Å²) in [4.78, 5) is 30.7. The normalized spacial score (nSPS) is 15.9. The van der Waals surface area contributed by atoms with E-state index in [0.717, 1.165) is 17.5 Å². The Morgan fingerprint density at radius 1 is 1.21 bits per heavy atom. The van der Waals surface area contributed by atoms with Gasteiger partial charge in [0.2, 0.25) is 11.9 Å². The minimum Gasteiger partial charge on any atom is -0.352 e. The lowest BCUT2D eigenvalue weighted by Crippen LogP contribution is -2.51. The summed E-state index contributed by atoms with van der Waals surface area (Å²) >= 11 is 0. The van der Waals surface area contributed by atoms with Crippen LogP contribution in [0.2, 0.25) is 0 Å². The minimum absolute atomic E-state index is 0.0906. The van der Waals surface area contributed by atoms with Crippen molar-refractivity contribution in [3.63, 3.8) is 0 Å². The molecule has 2 aromatic rings. The first kappa shape index (κ1) is 16.3. The Bertz CT molecular complexity index is 769. The van der Waals surface area contributed by atoms with E-state index in [1.807, 2.05) is 42.7 Å². The highest BCUT2D eigenvalue weighted by Crippen LogP contribution is 2.26. The molecular formula is C17H23N5O2. The van der Waals surface area contributed by atoms with Crippen LogP contribution in [0.3, 0.4) is 0 Å². The number of rotatable bonds is 4. The molecule has 128 valence electrons. The molecule has 0 aliphatic carbocycles. The third kappa shape index (κ3) is 2.93. The lowest BCUT2D eigenvalue weighted by Gasteiger charge is -2.20. The zero-order valence-electron chi connectivity index (χ0n) is 14.2. The molecule has 3 amide bonds. The largest absolute Gasteiger partial charge is 0.352 e. The van der Waals surface area contributed by atoms with Crippen molar-refractivity contribution in [2.75, 3.05) is 11.4 Å². The maximum atomic E-state index is 12.5. The van der Waals surface area contributed by atoms with Crippen molar-refractivity contribution in [2.24, 2.45) is 0 Å². The Hall–Kier alpha value is -2.57. The van der Waals surface area contributed by atoms with Gasteiger partial charge in [0.1, 0.15) is 6.04 Å². The van der Waals surface area contributed by atoms with E-state index in [4.69, 9.17) is 0 Å². The number of benzene rings is 1. The molecule has 0 unspecified atom stereocenters. The fourth-order valence-corrected chi connectivity index (χ4v) is 2.78. The van der Waals surface area contributed by atoms with Crippen molar-refractivity contribution >= 4 is 28.9 Å². The van der Waals surface area contributed by atoms with Crippen molar-refractivity contribution in [1.82, 2.24) is 20.2 Å². The SMILES string of the molecule is CC[C@@H](C)NC(=O)[C@H](C)NC(=O)N1CCn2c1nc1ccccc12. The molecule has 0 radical (unpaired) electrons. The van der Waals surface area contributed by atoms with Crippen LogP contribution in [0.5, 0.6) is 0 Å². The monoisotopic (exact) mass is 329 g/mol. The van der Waals surface area contributed by atoms with Gasteiger partial charge in [-0.2, -0.15) is 0 Å². The van der Waals surface area contributed by atoms with Gasteiger partial charge >= 0.3 is 6.03 Å². The number of fused-ring (bicyclic) bond motifs is 3. The number of urea groups is 1. The zero-order chi connectivity index (χ0) is 17.3. The molecule has 0 saturated heterocycles. The lowest BCUT2D eigenvalue weighted by atomic mass is 10.2. The number of carbonyl (C=O) groups excluding carboxylic acids is 2. The highest BCUT2D eigenvalue weighted by atomic mass is 16.2. The summed E-state index contributed by atoms with van der Waals surface area (Å²) in [7, 11) is 0. The van der Waals surface area contributed by atoms with Crippen LogP contribution in [-0.2, 0) is 11.3 Å². The number of anilines is 1. The molecule has 1 aliphatic rings. The average molecular weight is 329 g/mol. The third-order valence-electron chi connectivity index (χ3n) is 4.40. The second-order valence-electron chi connectivity index (χ2n) is 6.19. The van der Waals surface area contributed by atoms with Crippen molar-refractivity contribution in [1.29, 1.82) is 0 Å². The number of para-hydroxylation sites is 2. The second kappa shape index (κ2) is 6.51. The Kier molecular flexibility index (Phi) is 4.42. The first-order valence-electron chi connectivity index (χ1n) is 8.35. The molecule has 7 heteroatoms. The van der Waals surface area contributed by atoms with Crippen LogP contribution in [-0.4, -0.2) is 40.1 Å². The number of amides is 3. The van der Waals surface area contributed by atoms with Crippen LogP contribution < -0.4 is 15.5 Å². The summed E-state index contributed by atoms with van der Waals surface area (Å²) in [6.07, 6.45) is 0.850. The molecule has 0 spiro atoms. The van der Waals surface area contributed by atoms with Gasteiger partial charge in [0.25, 0.3) is 0 Å². The highest BCUT2D eigenvalue weighted by molar-refractivity contribution is 5.96. The van der Waals surface area contributed by atoms with E-state index in [1.54, 1.807) is 11.8 Å². The van der Waals surface area contributed by atoms with Crippen molar-refractivity contribution < 1.29 is 9.59 Å². The van der Waals surface area contributed by atoms with Crippen LogP contribution in [0.4, 0.5) is 10.7 Å². The second-order valence-corrected chi connectivity index (χ2v) is 6.19. The summed E-state index contributed by atoms with van der Waals surface area (Å²) in [6, 6.07) is 7.01. The predicted octanol–water partition coefficient (Wildman–Crippen LogP) is 1.87. The number of nitrogens with one attached hydrogen (secondary N) is 2. The van der Waals surface area contributed by atoms with Crippen molar-refractivity contribution in [3.05, 3.63) is 24.3 Å². The number of aromatic nitrogens is 2. The van der Waals surface area contributed by atoms with Crippen LogP contribution in [0, 0.1) is 0 Å². The number of hydrogen-bond donors (Lipinski definition) is 2. The van der Waals surface area contributed by atoms with Gasteiger partial charge in [-0.3, -0.25) is 9.69 Å². The van der Waals surface area contributed by atoms with Gasteiger partial charge < -0.3 is 15.2 Å². The Balaban J connectivity index is 1.70. The summed E-state index contributed by atoms with van der Waals surface area (Å²) in [6.45, 7) is 6.89. The maximum Gasteiger partial charge on any atom is 0.324 e. The summed E-state index contributed by atoms with van der Waals surface area (Å²) < 4.78 is 2.03. The number of nitrogens with zero attached hydrogens (tertiary/aromatic N) is 3. The van der Waals surface area contributed by atoms with Gasteiger partial charge in [-0.1, -0.05) is 19.1 Å². The number of imidazole rings is 1. The molecule has 1 aromatic heterocycles. The molecule has 2 heterocycles.